The molecule has 22 heavy (non-hydrogen) atoms. The molecule has 1 fully saturated rings. The van der Waals surface area contributed by atoms with Gasteiger partial charge in [0.1, 0.15) is 12.2 Å². The van der Waals surface area contributed by atoms with E-state index in [4.69, 9.17) is 16.0 Å². The van der Waals surface area contributed by atoms with Gasteiger partial charge in [0.05, 0.1) is 6.54 Å². The van der Waals surface area contributed by atoms with Gasteiger partial charge in [0.25, 0.3) is 5.89 Å². The van der Waals surface area contributed by atoms with Crippen molar-refractivity contribution in [2.45, 2.75) is 51.2 Å². The summed E-state index contributed by atoms with van der Waals surface area (Å²) < 4.78 is 19.0. The van der Waals surface area contributed by atoms with Crippen LogP contribution in [0, 0.1) is 0 Å². The summed E-state index contributed by atoms with van der Waals surface area (Å²) in [6, 6.07) is -0.904. The van der Waals surface area contributed by atoms with E-state index in [0.717, 1.165) is 0 Å². The summed E-state index contributed by atoms with van der Waals surface area (Å²) in [6.45, 7) is 5.51. The van der Waals surface area contributed by atoms with E-state index in [1.807, 2.05) is 20.8 Å². The van der Waals surface area contributed by atoms with Crippen molar-refractivity contribution in [3.63, 3.8) is 0 Å². The summed E-state index contributed by atoms with van der Waals surface area (Å²) in [6.07, 6.45) is -1.23. The zero-order valence-corrected chi connectivity index (χ0v) is 13.6. The Morgan fingerprint density at radius 1 is 1.41 bits per heavy atom. The quantitative estimate of drug-likeness (QED) is 0.624. The fourth-order valence-corrected chi connectivity index (χ4v) is 2.46. The molecule has 122 valence electrons. The van der Waals surface area contributed by atoms with Crippen molar-refractivity contribution in [2.75, 3.05) is 12.4 Å². The lowest BCUT2D eigenvalue weighted by Crippen LogP contribution is -2.40. The summed E-state index contributed by atoms with van der Waals surface area (Å²) in [7, 11) is 0. The van der Waals surface area contributed by atoms with Crippen molar-refractivity contribution in [1.82, 2.24) is 15.1 Å². The Labute approximate surface area is 133 Å². The average Bonchev–Trinajstić information content (AvgIpc) is 3.04. The molecule has 1 aromatic heterocycles. The van der Waals surface area contributed by atoms with Crippen LogP contribution in [-0.2, 0) is 10.2 Å². The molecule has 0 bridgehead atoms. The fourth-order valence-electron chi connectivity index (χ4n) is 2.30. The fraction of sp³-hybridized carbons (Fsp3) is 0.714. The van der Waals surface area contributed by atoms with E-state index < -0.39 is 23.4 Å². The molecule has 6 nitrogen and oxygen atoms in total. The predicted octanol–water partition coefficient (Wildman–Crippen LogP) is 2.12. The van der Waals surface area contributed by atoms with Crippen LogP contribution in [0.2, 0.25) is 0 Å². The molecule has 0 aliphatic carbocycles. The molecule has 1 aliphatic heterocycles. The van der Waals surface area contributed by atoms with Crippen molar-refractivity contribution in [2.24, 2.45) is 0 Å². The molecule has 0 saturated carbocycles. The molecular formula is C14H19ClFN3O3. The third-order valence-corrected chi connectivity index (χ3v) is 3.65. The maximum Gasteiger partial charge on any atom is 0.286 e. The van der Waals surface area contributed by atoms with Crippen molar-refractivity contribution >= 4 is 23.3 Å². The van der Waals surface area contributed by atoms with Crippen molar-refractivity contribution in [1.29, 1.82) is 0 Å². The maximum absolute atomic E-state index is 13.6. The monoisotopic (exact) mass is 331 g/mol. The number of carbonyl (C=O) groups excluding carboxylic acids is 2. The first-order valence-corrected chi connectivity index (χ1v) is 7.65. The first kappa shape index (κ1) is 16.9. The Balaban J connectivity index is 2.20. The third kappa shape index (κ3) is 3.45. The molecule has 8 heteroatoms. The SMILES string of the molecule is CC(C)(C)c1nnc(C(=O)[C@@H]2C[C@H](F)CN2C(=O)CCCl)o1. The molecule has 0 unspecified atom stereocenters. The number of halogens is 2. The van der Waals surface area contributed by atoms with E-state index in [9.17, 15) is 14.0 Å². The summed E-state index contributed by atoms with van der Waals surface area (Å²) in [5.74, 6) is -0.603. The van der Waals surface area contributed by atoms with Crippen LogP contribution in [-0.4, -0.2) is 51.4 Å². The number of rotatable bonds is 4. The highest BCUT2D eigenvalue weighted by Crippen LogP contribution is 2.26. The van der Waals surface area contributed by atoms with Gasteiger partial charge >= 0.3 is 0 Å². The molecule has 2 heterocycles. The number of ketones is 1. The van der Waals surface area contributed by atoms with Crippen LogP contribution in [0.1, 0.15) is 50.2 Å². The number of carbonyl (C=O) groups is 2. The van der Waals surface area contributed by atoms with Gasteiger partial charge in [-0.1, -0.05) is 20.8 Å². The predicted molar refractivity (Wildman–Crippen MR) is 77.7 cm³/mol. The number of likely N-dealkylation sites (tertiary alicyclic amines) is 1. The van der Waals surface area contributed by atoms with Crippen LogP contribution in [0.5, 0.6) is 0 Å². The number of nitrogens with zero attached hydrogens (tertiary/aromatic N) is 3. The van der Waals surface area contributed by atoms with Gasteiger partial charge in [-0.2, -0.15) is 0 Å². The summed E-state index contributed by atoms with van der Waals surface area (Å²) in [4.78, 5) is 25.6. The van der Waals surface area contributed by atoms with Crippen LogP contribution in [0.15, 0.2) is 4.42 Å². The van der Waals surface area contributed by atoms with Gasteiger partial charge in [-0.3, -0.25) is 9.59 Å². The summed E-state index contributed by atoms with van der Waals surface area (Å²) in [5, 5.41) is 7.59. The van der Waals surface area contributed by atoms with Gasteiger partial charge < -0.3 is 9.32 Å². The van der Waals surface area contributed by atoms with Crippen LogP contribution in [0.25, 0.3) is 0 Å². The number of Topliss-reactive ketones (excluding diaryl/α,β-unsaturated/α-hetero) is 1. The lowest BCUT2D eigenvalue weighted by atomic mass is 9.97. The molecule has 1 aliphatic rings. The second-order valence-electron chi connectivity index (χ2n) is 6.36. The second kappa shape index (κ2) is 6.32. The molecule has 0 radical (unpaired) electrons. The average molecular weight is 332 g/mol. The van der Waals surface area contributed by atoms with Gasteiger partial charge in [0, 0.05) is 24.1 Å². The normalized spacial score (nSPS) is 22.1. The number of hydrogen-bond donors (Lipinski definition) is 0. The van der Waals surface area contributed by atoms with Gasteiger partial charge in [-0.15, -0.1) is 21.8 Å². The molecular weight excluding hydrogens is 313 g/mol. The molecule has 0 spiro atoms. The molecule has 1 amide bonds. The summed E-state index contributed by atoms with van der Waals surface area (Å²) >= 11 is 5.54. The number of aromatic nitrogens is 2. The highest BCUT2D eigenvalue weighted by molar-refractivity contribution is 6.19. The van der Waals surface area contributed by atoms with Gasteiger partial charge in [0.15, 0.2) is 0 Å². The zero-order chi connectivity index (χ0) is 16.5. The van der Waals surface area contributed by atoms with Crippen LogP contribution in [0.4, 0.5) is 4.39 Å². The van der Waals surface area contributed by atoms with E-state index in [1.165, 1.54) is 4.90 Å². The number of alkyl halides is 2. The smallest absolute Gasteiger partial charge is 0.286 e. The van der Waals surface area contributed by atoms with E-state index >= 15 is 0 Å². The summed E-state index contributed by atoms with van der Waals surface area (Å²) in [5.41, 5.74) is -0.391. The van der Waals surface area contributed by atoms with Crippen LogP contribution >= 0.6 is 11.6 Å². The Morgan fingerprint density at radius 3 is 2.64 bits per heavy atom. The van der Waals surface area contributed by atoms with E-state index in [-0.39, 0.29) is 37.1 Å². The Kier molecular flexibility index (Phi) is 4.84. The topological polar surface area (TPSA) is 76.3 Å². The Morgan fingerprint density at radius 2 is 2.09 bits per heavy atom. The third-order valence-electron chi connectivity index (χ3n) is 3.46. The molecule has 1 aromatic rings. The lowest BCUT2D eigenvalue weighted by Gasteiger charge is -2.21. The van der Waals surface area contributed by atoms with Crippen LogP contribution < -0.4 is 0 Å². The van der Waals surface area contributed by atoms with Gasteiger partial charge in [0.2, 0.25) is 17.6 Å². The molecule has 2 rings (SSSR count). The first-order chi connectivity index (χ1) is 10.2. The second-order valence-corrected chi connectivity index (χ2v) is 6.74. The highest BCUT2D eigenvalue weighted by Gasteiger charge is 2.41. The minimum Gasteiger partial charge on any atom is -0.418 e. The van der Waals surface area contributed by atoms with Crippen molar-refractivity contribution < 1.29 is 18.4 Å². The van der Waals surface area contributed by atoms with E-state index in [0.29, 0.717) is 5.89 Å². The molecule has 0 N–H and O–H groups in total. The Bertz CT molecular complexity index is 570. The minimum atomic E-state index is -1.24. The van der Waals surface area contributed by atoms with Crippen molar-refractivity contribution in [3.8, 4) is 0 Å². The highest BCUT2D eigenvalue weighted by atomic mass is 35.5. The molecule has 2 atom stereocenters. The van der Waals surface area contributed by atoms with Crippen molar-refractivity contribution in [3.05, 3.63) is 11.8 Å². The lowest BCUT2D eigenvalue weighted by molar-refractivity contribution is -0.131. The Hall–Kier alpha value is -1.50. The first-order valence-electron chi connectivity index (χ1n) is 7.11. The van der Waals surface area contributed by atoms with Gasteiger partial charge in [-0.25, -0.2) is 4.39 Å². The largest absolute Gasteiger partial charge is 0.418 e. The standard InChI is InChI=1S/C14H19ClFN3O3/c1-14(2,3)13-18-17-12(22-13)11(21)9-6-8(16)7-19(9)10(20)4-5-15/h8-9H,4-7H2,1-3H3/t8-,9-/m0/s1. The molecule has 0 aromatic carbocycles. The molecule has 1 saturated heterocycles. The maximum atomic E-state index is 13.6. The van der Waals surface area contributed by atoms with E-state index in [1.54, 1.807) is 0 Å². The number of amides is 1. The van der Waals surface area contributed by atoms with Gasteiger partial charge in [-0.05, 0) is 0 Å². The minimum absolute atomic E-state index is 0.0555. The van der Waals surface area contributed by atoms with E-state index in [2.05, 4.69) is 10.2 Å². The zero-order valence-electron chi connectivity index (χ0n) is 12.8. The number of hydrogen-bond acceptors (Lipinski definition) is 5. The van der Waals surface area contributed by atoms with Crippen LogP contribution in [0.3, 0.4) is 0 Å².